The number of hydrogen-bond acceptors (Lipinski definition) is 2. The largest absolute Gasteiger partial charge is 0.351 e. The second-order valence-corrected chi connectivity index (χ2v) is 8.66. The first-order valence-electron chi connectivity index (χ1n) is 11.4. The number of halogens is 2. The minimum atomic E-state index is -1.18. The Morgan fingerprint density at radius 1 is 0.794 bits per heavy atom. The number of aromatic nitrogens is 1. The van der Waals surface area contributed by atoms with Gasteiger partial charge in [0.05, 0.1) is 0 Å². The number of pyridine rings is 1. The van der Waals surface area contributed by atoms with Crippen LogP contribution in [0.25, 0.3) is 11.1 Å². The van der Waals surface area contributed by atoms with E-state index in [1.54, 1.807) is 24.5 Å². The van der Waals surface area contributed by atoms with Gasteiger partial charge in [-0.05, 0) is 89.0 Å². The van der Waals surface area contributed by atoms with Crippen molar-refractivity contribution in [3.8, 4) is 11.1 Å². The molecule has 0 fully saturated rings. The van der Waals surface area contributed by atoms with Crippen molar-refractivity contribution in [3.63, 3.8) is 0 Å². The van der Waals surface area contributed by atoms with Crippen LogP contribution >= 0.6 is 0 Å². The zero-order valence-corrected chi connectivity index (χ0v) is 18.6. The van der Waals surface area contributed by atoms with Crippen LogP contribution in [-0.4, -0.2) is 10.9 Å². The molecule has 3 nitrogen and oxygen atoms in total. The zero-order chi connectivity index (χ0) is 23.5. The third-order valence-corrected chi connectivity index (χ3v) is 6.62. The normalized spacial score (nSPS) is 13.2. The van der Waals surface area contributed by atoms with Gasteiger partial charge in [0.15, 0.2) is 0 Å². The van der Waals surface area contributed by atoms with E-state index in [9.17, 15) is 13.6 Å². The van der Waals surface area contributed by atoms with Gasteiger partial charge >= 0.3 is 0 Å². The maximum Gasteiger partial charge on any atom is 0.235 e. The molecule has 1 amide bonds. The number of nitrogens with zero attached hydrogens (tertiary/aromatic N) is 1. The molecule has 1 aliphatic carbocycles. The van der Waals surface area contributed by atoms with Gasteiger partial charge in [-0.3, -0.25) is 9.78 Å². The van der Waals surface area contributed by atoms with Crippen molar-refractivity contribution < 1.29 is 13.6 Å². The summed E-state index contributed by atoms with van der Waals surface area (Å²) in [7, 11) is 0. The molecule has 1 N–H and O–H groups in total. The van der Waals surface area contributed by atoms with Crippen molar-refractivity contribution in [3.05, 3.63) is 125 Å². The first-order valence-corrected chi connectivity index (χ1v) is 11.4. The van der Waals surface area contributed by atoms with Gasteiger partial charge < -0.3 is 5.32 Å². The molecule has 0 unspecified atom stereocenters. The second-order valence-electron chi connectivity index (χ2n) is 8.66. The monoisotopic (exact) mass is 454 g/mol. The predicted octanol–water partition coefficient (Wildman–Crippen LogP) is 5.97. The maximum absolute atomic E-state index is 14.5. The highest BCUT2D eigenvalue weighted by molar-refractivity contribution is 6.00. The number of aryl methyl sites for hydroxylation is 1. The Kier molecular flexibility index (Phi) is 5.93. The van der Waals surface area contributed by atoms with Crippen LogP contribution in [0.15, 0.2) is 91.3 Å². The lowest BCUT2D eigenvalue weighted by molar-refractivity contribution is -0.125. The smallest absolute Gasteiger partial charge is 0.235 e. The Bertz CT molecular complexity index is 1270. The molecule has 34 heavy (non-hydrogen) atoms. The molecule has 0 radical (unpaired) electrons. The Morgan fingerprint density at radius 2 is 1.41 bits per heavy atom. The zero-order valence-electron chi connectivity index (χ0n) is 18.6. The number of hydrogen-bond donors (Lipinski definition) is 1. The van der Waals surface area contributed by atoms with Gasteiger partial charge in [-0.25, -0.2) is 8.78 Å². The molecular weight excluding hydrogens is 430 g/mol. The molecule has 5 rings (SSSR count). The summed E-state index contributed by atoms with van der Waals surface area (Å²) >= 11 is 0. The molecule has 1 aliphatic rings. The van der Waals surface area contributed by atoms with Crippen molar-refractivity contribution in [2.24, 2.45) is 0 Å². The Morgan fingerprint density at radius 3 is 2.03 bits per heavy atom. The average Bonchev–Trinajstić information content (AvgIpc) is 3.13. The van der Waals surface area contributed by atoms with Crippen molar-refractivity contribution in [1.29, 1.82) is 0 Å². The molecule has 170 valence electrons. The number of carbonyl (C=O) groups is 1. The quantitative estimate of drug-likeness (QED) is 0.374. The molecule has 1 aromatic heterocycles. The Hall–Kier alpha value is -3.86. The lowest BCUT2D eigenvalue weighted by Crippen LogP contribution is -2.44. The predicted molar refractivity (Wildman–Crippen MR) is 128 cm³/mol. The van der Waals surface area contributed by atoms with E-state index in [0.29, 0.717) is 30.5 Å². The van der Waals surface area contributed by atoms with Crippen LogP contribution in [0.5, 0.6) is 0 Å². The van der Waals surface area contributed by atoms with Crippen LogP contribution in [0.2, 0.25) is 0 Å². The van der Waals surface area contributed by atoms with E-state index >= 15 is 0 Å². The average molecular weight is 455 g/mol. The SMILES string of the molecule is O=C(NCc1ccncc1)C1(CCCc2ccccc2)c2cc(F)ccc2-c2ccc(F)cc21. The standard InChI is InChI=1S/C29H24F2N2O/c30-22-8-10-24-25-11-9-23(31)18-27(25)29(26(24)17-22,14-4-7-20-5-2-1-3-6-20)28(34)33-19-21-12-15-32-16-13-21/h1-3,5-6,8-13,15-18H,4,7,14,19H2,(H,33,34). The van der Waals surface area contributed by atoms with E-state index in [1.165, 1.54) is 24.3 Å². The summed E-state index contributed by atoms with van der Waals surface area (Å²) < 4.78 is 29.0. The fourth-order valence-corrected chi connectivity index (χ4v) is 5.02. The number of rotatable bonds is 7. The minimum Gasteiger partial charge on any atom is -0.351 e. The summed E-state index contributed by atoms with van der Waals surface area (Å²) in [5.41, 5.74) is 3.61. The van der Waals surface area contributed by atoms with E-state index in [-0.39, 0.29) is 5.91 Å². The lowest BCUT2D eigenvalue weighted by Gasteiger charge is -2.31. The molecule has 0 spiro atoms. The van der Waals surface area contributed by atoms with Crippen molar-refractivity contribution >= 4 is 5.91 Å². The molecule has 3 aromatic carbocycles. The summed E-state index contributed by atoms with van der Waals surface area (Å²) in [5.74, 6) is -1.09. The van der Waals surface area contributed by atoms with Gasteiger partial charge in [-0.15, -0.1) is 0 Å². The van der Waals surface area contributed by atoms with Crippen LogP contribution in [0.4, 0.5) is 8.78 Å². The molecule has 1 heterocycles. The summed E-state index contributed by atoms with van der Waals surface area (Å²) in [6.45, 7) is 0.303. The summed E-state index contributed by atoms with van der Waals surface area (Å²) in [5, 5.41) is 3.04. The molecule has 0 atom stereocenters. The highest BCUT2D eigenvalue weighted by Gasteiger charge is 2.49. The van der Waals surface area contributed by atoms with E-state index in [0.717, 1.165) is 28.7 Å². The van der Waals surface area contributed by atoms with Gasteiger partial charge in [0.2, 0.25) is 5.91 Å². The molecule has 0 aliphatic heterocycles. The first kappa shape index (κ1) is 22.0. The minimum absolute atomic E-state index is 0.256. The Balaban J connectivity index is 1.56. The van der Waals surface area contributed by atoms with Gasteiger partial charge in [0.25, 0.3) is 0 Å². The number of amides is 1. The van der Waals surface area contributed by atoms with Crippen molar-refractivity contribution in [2.45, 2.75) is 31.2 Å². The van der Waals surface area contributed by atoms with Crippen molar-refractivity contribution in [1.82, 2.24) is 10.3 Å². The number of carbonyl (C=O) groups excluding carboxylic acids is 1. The summed E-state index contributed by atoms with van der Waals surface area (Å²) in [6.07, 6.45) is 5.20. The lowest BCUT2D eigenvalue weighted by atomic mass is 9.73. The molecule has 5 heteroatoms. The highest BCUT2D eigenvalue weighted by atomic mass is 19.1. The molecular formula is C29H24F2N2O. The van der Waals surface area contributed by atoms with Crippen LogP contribution < -0.4 is 5.32 Å². The highest BCUT2D eigenvalue weighted by Crippen LogP contribution is 2.52. The van der Waals surface area contributed by atoms with Crippen LogP contribution in [0.1, 0.15) is 35.1 Å². The molecule has 0 saturated heterocycles. The number of fused-ring (bicyclic) bond motifs is 3. The van der Waals surface area contributed by atoms with Gasteiger partial charge in [-0.2, -0.15) is 0 Å². The van der Waals surface area contributed by atoms with Crippen LogP contribution in [-0.2, 0) is 23.2 Å². The maximum atomic E-state index is 14.5. The van der Waals surface area contributed by atoms with Crippen LogP contribution in [0.3, 0.4) is 0 Å². The van der Waals surface area contributed by atoms with E-state index in [4.69, 9.17) is 0 Å². The van der Waals surface area contributed by atoms with Gasteiger partial charge in [0.1, 0.15) is 17.0 Å². The van der Waals surface area contributed by atoms with Gasteiger partial charge in [-0.1, -0.05) is 42.5 Å². The van der Waals surface area contributed by atoms with E-state index in [2.05, 4.69) is 10.3 Å². The van der Waals surface area contributed by atoms with E-state index in [1.807, 2.05) is 42.5 Å². The van der Waals surface area contributed by atoms with Gasteiger partial charge in [0, 0.05) is 18.9 Å². The summed E-state index contributed by atoms with van der Waals surface area (Å²) in [4.78, 5) is 18.0. The van der Waals surface area contributed by atoms with Crippen molar-refractivity contribution in [2.75, 3.05) is 0 Å². The van der Waals surface area contributed by atoms with E-state index < -0.39 is 17.0 Å². The topological polar surface area (TPSA) is 42.0 Å². The van der Waals surface area contributed by atoms with Crippen LogP contribution in [0, 0.1) is 11.6 Å². The number of nitrogens with one attached hydrogen (secondary N) is 1. The third-order valence-electron chi connectivity index (χ3n) is 6.62. The molecule has 4 aromatic rings. The first-order chi connectivity index (χ1) is 16.6. The fraction of sp³-hybridized carbons (Fsp3) is 0.172. The molecule has 0 bridgehead atoms. The third kappa shape index (κ3) is 3.98. The summed E-state index contributed by atoms with van der Waals surface area (Å²) in [6, 6.07) is 22.7. The Labute approximate surface area is 197 Å². The number of benzene rings is 3. The second kappa shape index (κ2) is 9.18. The fourth-order valence-electron chi connectivity index (χ4n) is 5.02. The molecule has 0 saturated carbocycles.